The molecule has 0 atom stereocenters. The lowest BCUT2D eigenvalue weighted by atomic mass is 9.89. The van der Waals surface area contributed by atoms with Crippen molar-refractivity contribution in [1.82, 2.24) is 0 Å². The molecule has 0 spiro atoms. The van der Waals surface area contributed by atoms with Gasteiger partial charge in [-0.05, 0) is 35.2 Å². The molecule has 0 saturated carbocycles. The molecular weight excluding hydrogens is 256 g/mol. The molecule has 3 rings (SSSR count). The third kappa shape index (κ3) is 2.36. The monoisotopic (exact) mass is 274 g/mol. The van der Waals surface area contributed by atoms with Crippen LogP contribution in [0.25, 0.3) is 22.3 Å². The Labute approximate surface area is 125 Å². The van der Waals surface area contributed by atoms with Crippen LogP contribution in [0.15, 0.2) is 66.7 Å². The van der Waals surface area contributed by atoms with Gasteiger partial charge in [0.05, 0.1) is 11.4 Å². The highest BCUT2D eigenvalue weighted by molar-refractivity contribution is 5.97. The number of nitrogen functional groups attached to an aromatic ring is 2. The van der Waals surface area contributed by atoms with Crippen LogP contribution in [-0.2, 0) is 0 Å². The standard InChI is InChI=1S/C19H18N2/c1-13-12-16(20)19(21)18(15-10-6-3-7-11-15)17(13)14-8-4-2-5-9-14/h2-12H,20-21H2,1H3. The van der Waals surface area contributed by atoms with E-state index in [0.29, 0.717) is 11.4 Å². The normalized spacial score (nSPS) is 10.5. The van der Waals surface area contributed by atoms with Gasteiger partial charge >= 0.3 is 0 Å². The van der Waals surface area contributed by atoms with Crippen molar-refractivity contribution in [2.24, 2.45) is 0 Å². The maximum atomic E-state index is 6.30. The summed E-state index contributed by atoms with van der Waals surface area (Å²) >= 11 is 0. The highest BCUT2D eigenvalue weighted by Gasteiger charge is 2.15. The minimum absolute atomic E-state index is 0.631. The first-order valence-electron chi connectivity index (χ1n) is 6.98. The number of aryl methyl sites for hydroxylation is 1. The van der Waals surface area contributed by atoms with Gasteiger partial charge in [0.15, 0.2) is 0 Å². The van der Waals surface area contributed by atoms with E-state index < -0.39 is 0 Å². The van der Waals surface area contributed by atoms with Gasteiger partial charge in [-0.15, -0.1) is 0 Å². The van der Waals surface area contributed by atoms with Gasteiger partial charge in [0.1, 0.15) is 0 Å². The topological polar surface area (TPSA) is 52.0 Å². The molecule has 0 heterocycles. The Kier molecular flexibility index (Phi) is 3.36. The van der Waals surface area contributed by atoms with E-state index in [1.54, 1.807) is 0 Å². The SMILES string of the molecule is Cc1cc(N)c(N)c(-c2ccccc2)c1-c1ccccc1. The molecule has 0 aromatic heterocycles. The molecule has 0 radical (unpaired) electrons. The van der Waals surface area contributed by atoms with Crippen molar-refractivity contribution in [1.29, 1.82) is 0 Å². The van der Waals surface area contributed by atoms with Gasteiger partial charge in [-0.3, -0.25) is 0 Å². The van der Waals surface area contributed by atoms with E-state index in [4.69, 9.17) is 11.5 Å². The van der Waals surface area contributed by atoms with Crippen LogP contribution in [-0.4, -0.2) is 0 Å². The van der Waals surface area contributed by atoms with Gasteiger partial charge in [0.2, 0.25) is 0 Å². The number of benzene rings is 3. The predicted molar refractivity (Wildman–Crippen MR) is 90.9 cm³/mol. The third-order valence-corrected chi connectivity index (χ3v) is 3.72. The van der Waals surface area contributed by atoms with Gasteiger partial charge in [-0.2, -0.15) is 0 Å². The van der Waals surface area contributed by atoms with Crippen molar-refractivity contribution in [2.75, 3.05) is 11.5 Å². The lowest BCUT2D eigenvalue weighted by Crippen LogP contribution is -2.01. The summed E-state index contributed by atoms with van der Waals surface area (Å²) in [5.74, 6) is 0. The average Bonchev–Trinajstić information content (AvgIpc) is 2.52. The Hall–Kier alpha value is -2.74. The van der Waals surface area contributed by atoms with Gasteiger partial charge in [0, 0.05) is 5.56 Å². The molecule has 0 unspecified atom stereocenters. The van der Waals surface area contributed by atoms with Crippen LogP contribution in [0.1, 0.15) is 5.56 Å². The molecule has 4 N–H and O–H groups in total. The Balaban J connectivity index is 2.37. The molecular formula is C19H18N2. The fourth-order valence-corrected chi connectivity index (χ4v) is 2.74. The Bertz CT molecular complexity index is 763. The van der Waals surface area contributed by atoms with Gasteiger partial charge in [-0.25, -0.2) is 0 Å². The molecule has 0 bridgehead atoms. The molecule has 3 aromatic rings. The van der Waals surface area contributed by atoms with Crippen LogP contribution in [0.2, 0.25) is 0 Å². The molecule has 0 amide bonds. The smallest absolute Gasteiger partial charge is 0.0633 e. The summed E-state index contributed by atoms with van der Waals surface area (Å²) in [5.41, 5.74) is 19.2. The van der Waals surface area contributed by atoms with Crippen LogP contribution in [0.4, 0.5) is 11.4 Å². The molecule has 21 heavy (non-hydrogen) atoms. The summed E-state index contributed by atoms with van der Waals surface area (Å²) in [7, 11) is 0. The lowest BCUT2D eigenvalue weighted by Gasteiger charge is -2.18. The molecule has 0 saturated heterocycles. The number of anilines is 2. The van der Waals surface area contributed by atoms with E-state index in [-0.39, 0.29) is 0 Å². The van der Waals surface area contributed by atoms with E-state index in [0.717, 1.165) is 27.8 Å². The second-order valence-electron chi connectivity index (χ2n) is 5.18. The molecule has 0 fully saturated rings. The first kappa shape index (κ1) is 13.3. The maximum Gasteiger partial charge on any atom is 0.0633 e. The molecule has 104 valence electrons. The Morgan fingerprint density at radius 2 is 1.14 bits per heavy atom. The summed E-state index contributed by atoms with van der Waals surface area (Å²) < 4.78 is 0. The van der Waals surface area contributed by atoms with Crippen molar-refractivity contribution in [2.45, 2.75) is 6.92 Å². The van der Waals surface area contributed by atoms with E-state index in [1.165, 1.54) is 0 Å². The minimum atomic E-state index is 0.631. The highest BCUT2D eigenvalue weighted by Crippen LogP contribution is 2.41. The number of hydrogen-bond donors (Lipinski definition) is 2. The van der Waals surface area contributed by atoms with Crippen molar-refractivity contribution in [3.05, 3.63) is 72.3 Å². The molecule has 2 nitrogen and oxygen atoms in total. The Morgan fingerprint density at radius 1 is 0.667 bits per heavy atom. The van der Waals surface area contributed by atoms with E-state index in [1.807, 2.05) is 42.5 Å². The van der Waals surface area contributed by atoms with Gasteiger partial charge in [-0.1, -0.05) is 60.7 Å². The second kappa shape index (κ2) is 5.33. The lowest BCUT2D eigenvalue weighted by molar-refractivity contribution is 1.45. The maximum absolute atomic E-state index is 6.30. The first-order valence-corrected chi connectivity index (χ1v) is 6.98. The van der Waals surface area contributed by atoms with E-state index >= 15 is 0 Å². The fourth-order valence-electron chi connectivity index (χ4n) is 2.74. The summed E-state index contributed by atoms with van der Waals surface area (Å²) in [4.78, 5) is 0. The zero-order valence-electron chi connectivity index (χ0n) is 12.0. The summed E-state index contributed by atoms with van der Waals surface area (Å²) in [6, 6.07) is 22.4. The minimum Gasteiger partial charge on any atom is -0.397 e. The van der Waals surface area contributed by atoms with Crippen molar-refractivity contribution in [3.8, 4) is 22.3 Å². The van der Waals surface area contributed by atoms with Crippen molar-refractivity contribution < 1.29 is 0 Å². The highest BCUT2D eigenvalue weighted by atomic mass is 14.7. The summed E-state index contributed by atoms with van der Waals surface area (Å²) in [6.45, 7) is 2.07. The zero-order valence-corrected chi connectivity index (χ0v) is 12.0. The van der Waals surface area contributed by atoms with Crippen LogP contribution < -0.4 is 11.5 Å². The molecule has 0 aliphatic rings. The number of hydrogen-bond acceptors (Lipinski definition) is 2. The van der Waals surface area contributed by atoms with E-state index in [9.17, 15) is 0 Å². The van der Waals surface area contributed by atoms with Gasteiger partial charge < -0.3 is 11.5 Å². The molecule has 3 aromatic carbocycles. The third-order valence-electron chi connectivity index (χ3n) is 3.72. The number of nitrogens with two attached hydrogens (primary N) is 2. The van der Waals surface area contributed by atoms with Gasteiger partial charge in [0.25, 0.3) is 0 Å². The average molecular weight is 274 g/mol. The van der Waals surface area contributed by atoms with Crippen LogP contribution in [0.3, 0.4) is 0 Å². The van der Waals surface area contributed by atoms with Crippen LogP contribution in [0.5, 0.6) is 0 Å². The molecule has 0 aliphatic heterocycles. The van der Waals surface area contributed by atoms with Crippen molar-refractivity contribution >= 4 is 11.4 Å². The second-order valence-corrected chi connectivity index (χ2v) is 5.18. The molecule has 2 heteroatoms. The largest absolute Gasteiger partial charge is 0.397 e. The first-order chi connectivity index (χ1) is 10.2. The van der Waals surface area contributed by atoms with Crippen LogP contribution >= 0.6 is 0 Å². The summed E-state index contributed by atoms with van der Waals surface area (Å²) in [6.07, 6.45) is 0. The van der Waals surface area contributed by atoms with Crippen LogP contribution in [0, 0.1) is 6.92 Å². The molecule has 0 aliphatic carbocycles. The van der Waals surface area contributed by atoms with E-state index in [2.05, 4.69) is 31.2 Å². The fraction of sp³-hybridized carbons (Fsp3) is 0.0526. The zero-order chi connectivity index (χ0) is 14.8. The quantitative estimate of drug-likeness (QED) is 0.676. The number of rotatable bonds is 2. The summed E-state index contributed by atoms with van der Waals surface area (Å²) in [5, 5.41) is 0. The van der Waals surface area contributed by atoms with Crippen molar-refractivity contribution in [3.63, 3.8) is 0 Å². The predicted octanol–water partition coefficient (Wildman–Crippen LogP) is 4.49. The Morgan fingerprint density at radius 3 is 1.67 bits per heavy atom.